The minimum absolute atomic E-state index is 0.0240. The van der Waals surface area contributed by atoms with Crippen LogP contribution in [0, 0.1) is 0 Å². The summed E-state index contributed by atoms with van der Waals surface area (Å²) in [7, 11) is -3.73. The van der Waals surface area contributed by atoms with Gasteiger partial charge in [0.2, 0.25) is 10.0 Å². The van der Waals surface area contributed by atoms with Crippen LogP contribution in [-0.2, 0) is 10.0 Å². The number of H-pyrrole nitrogens is 1. The zero-order valence-electron chi connectivity index (χ0n) is 14.4. The Kier molecular flexibility index (Phi) is 4.71. The molecular weight excluding hydrogens is 384 g/mol. The summed E-state index contributed by atoms with van der Waals surface area (Å²) in [4.78, 5) is 14.7. The Balaban J connectivity index is 1.84. The molecule has 0 amide bonds. The maximum atomic E-state index is 13.0. The van der Waals surface area contributed by atoms with Gasteiger partial charge >= 0.3 is 5.97 Å². The molecule has 2 heterocycles. The monoisotopic (exact) mass is 402 g/mol. The average molecular weight is 402 g/mol. The zero-order chi connectivity index (χ0) is 19.0. The van der Waals surface area contributed by atoms with E-state index in [-0.39, 0.29) is 10.5 Å². The van der Waals surface area contributed by atoms with E-state index in [0.717, 1.165) is 28.0 Å². The topological polar surface area (TPSA) is 90.5 Å². The van der Waals surface area contributed by atoms with Gasteiger partial charge in [-0.05, 0) is 46.8 Å². The van der Waals surface area contributed by atoms with Crippen molar-refractivity contribution in [3.63, 3.8) is 0 Å². The van der Waals surface area contributed by atoms with Gasteiger partial charge in [-0.25, -0.2) is 13.2 Å². The highest BCUT2D eigenvalue weighted by Crippen LogP contribution is 2.29. The number of carboxylic acids is 1. The molecule has 0 spiro atoms. The minimum Gasteiger partial charge on any atom is -0.478 e. The van der Waals surface area contributed by atoms with E-state index < -0.39 is 16.0 Å². The van der Waals surface area contributed by atoms with Gasteiger partial charge in [0.15, 0.2) is 0 Å². The molecule has 27 heavy (non-hydrogen) atoms. The number of nitrogens with zero attached hydrogens (tertiary/aromatic N) is 1. The second kappa shape index (κ2) is 7.03. The van der Waals surface area contributed by atoms with E-state index in [9.17, 15) is 18.3 Å². The average Bonchev–Trinajstić information content (AvgIpc) is 3.16. The Labute approximate surface area is 161 Å². The number of hydrogen-bond donors (Lipinski definition) is 2. The highest BCUT2D eigenvalue weighted by atomic mass is 32.2. The predicted octanol–water partition coefficient (Wildman–Crippen LogP) is 3.27. The molecule has 1 aliphatic heterocycles. The first-order valence-corrected chi connectivity index (χ1v) is 11.1. The van der Waals surface area contributed by atoms with Crippen LogP contribution in [-0.4, -0.2) is 53.4 Å². The highest BCUT2D eigenvalue weighted by molar-refractivity contribution is 7.99. The summed E-state index contributed by atoms with van der Waals surface area (Å²) in [5.41, 5.74) is 2.20. The molecule has 2 N–H and O–H groups in total. The van der Waals surface area contributed by atoms with Gasteiger partial charge in [0.1, 0.15) is 0 Å². The van der Waals surface area contributed by atoms with Gasteiger partial charge in [-0.15, -0.1) is 0 Å². The van der Waals surface area contributed by atoms with Gasteiger partial charge in [-0.3, -0.25) is 0 Å². The van der Waals surface area contributed by atoms with Crippen molar-refractivity contribution < 1.29 is 18.3 Å². The maximum Gasteiger partial charge on any atom is 0.335 e. The number of aromatic carboxylic acids is 1. The molecule has 4 rings (SSSR count). The van der Waals surface area contributed by atoms with Crippen molar-refractivity contribution in [1.29, 1.82) is 0 Å². The molecular formula is C19H18N2O4S2. The number of benzene rings is 2. The standard InChI is InChI=1S/C19H18N2O4S2/c22-19(23)16-9-15(14-2-1-13-3-4-20-18(13)12-14)10-17(11-16)27(24,25)21-5-7-26-8-6-21/h1-4,9-12,20H,5-8H2,(H,22,23). The summed E-state index contributed by atoms with van der Waals surface area (Å²) in [6.45, 7) is 0.877. The van der Waals surface area contributed by atoms with Crippen LogP contribution in [0.25, 0.3) is 22.0 Å². The van der Waals surface area contributed by atoms with Crippen molar-refractivity contribution in [2.24, 2.45) is 0 Å². The van der Waals surface area contributed by atoms with E-state index in [0.29, 0.717) is 18.7 Å². The van der Waals surface area contributed by atoms with Gasteiger partial charge in [0, 0.05) is 36.3 Å². The van der Waals surface area contributed by atoms with E-state index in [1.54, 1.807) is 17.8 Å². The first kappa shape index (κ1) is 18.1. The zero-order valence-corrected chi connectivity index (χ0v) is 16.0. The molecule has 0 aliphatic carbocycles. The molecule has 1 fully saturated rings. The van der Waals surface area contributed by atoms with Crippen molar-refractivity contribution in [3.05, 3.63) is 54.2 Å². The summed E-state index contributed by atoms with van der Waals surface area (Å²) < 4.78 is 27.5. The van der Waals surface area contributed by atoms with Crippen molar-refractivity contribution >= 4 is 38.7 Å². The minimum atomic E-state index is -3.73. The molecule has 0 saturated carbocycles. The number of carbonyl (C=O) groups is 1. The third-order valence-electron chi connectivity index (χ3n) is 4.65. The molecule has 2 aromatic carbocycles. The number of sulfonamides is 1. The third kappa shape index (κ3) is 3.47. The third-order valence-corrected chi connectivity index (χ3v) is 7.47. The summed E-state index contributed by atoms with van der Waals surface area (Å²) in [6.07, 6.45) is 1.83. The number of nitrogens with one attached hydrogen (secondary N) is 1. The second-order valence-electron chi connectivity index (χ2n) is 6.35. The Bertz CT molecular complexity index is 1120. The largest absolute Gasteiger partial charge is 0.478 e. The van der Waals surface area contributed by atoms with E-state index in [4.69, 9.17) is 0 Å². The summed E-state index contributed by atoms with van der Waals surface area (Å²) >= 11 is 1.72. The molecule has 6 nitrogen and oxygen atoms in total. The van der Waals surface area contributed by atoms with Crippen molar-refractivity contribution in [3.8, 4) is 11.1 Å². The second-order valence-corrected chi connectivity index (χ2v) is 9.51. The van der Waals surface area contributed by atoms with Crippen LogP contribution in [0.2, 0.25) is 0 Å². The molecule has 0 atom stereocenters. The number of hydrogen-bond acceptors (Lipinski definition) is 4. The van der Waals surface area contributed by atoms with E-state index in [1.807, 2.05) is 30.5 Å². The van der Waals surface area contributed by atoms with Gasteiger partial charge in [-0.1, -0.05) is 12.1 Å². The molecule has 3 aromatic rings. The van der Waals surface area contributed by atoms with Gasteiger partial charge < -0.3 is 10.1 Å². The van der Waals surface area contributed by atoms with Gasteiger partial charge in [0.25, 0.3) is 0 Å². The van der Waals surface area contributed by atoms with Crippen molar-refractivity contribution in [2.75, 3.05) is 24.6 Å². The number of aromatic amines is 1. The smallest absolute Gasteiger partial charge is 0.335 e. The molecule has 1 aliphatic rings. The lowest BCUT2D eigenvalue weighted by Gasteiger charge is -2.26. The molecule has 0 unspecified atom stereocenters. The Hall–Kier alpha value is -2.29. The number of aromatic nitrogens is 1. The van der Waals surface area contributed by atoms with Crippen LogP contribution < -0.4 is 0 Å². The normalized spacial score (nSPS) is 15.9. The van der Waals surface area contributed by atoms with Gasteiger partial charge in [0.05, 0.1) is 10.5 Å². The lowest BCUT2D eigenvalue weighted by molar-refractivity contribution is 0.0696. The molecule has 1 saturated heterocycles. The first-order valence-electron chi connectivity index (χ1n) is 8.49. The first-order chi connectivity index (χ1) is 12.9. The van der Waals surface area contributed by atoms with Crippen molar-refractivity contribution in [2.45, 2.75) is 4.90 Å². The molecule has 1 aromatic heterocycles. The summed E-state index contributed by atoms with van der Waals surface area (Å²) in [5.74, 6) is 0.339. The molecule has 140 valence electrons. The molecule has 8 heteroatoms. The quantitative estimate of drug-likeness (QED) is 0.699. The number of rotatable bonds is 4. The van der Waals surface area contributed by atoms with E-state index >= 15 is 0 Å². The summed E-state index contributed by atoms with van der Waals surface area (Å²) in [5, 5.41) is 10.5. The van der Waals surface area contributed by atoms with Crippen LogP contribution >= 0.6 is 11.8 Å². The van der Waals surface area contributed by atoms with Crippen LogP contribution in [0.5, 0.6) is 0 Å². The summed E-state index contributed by atoms with van der Waals surface area (Å²) in [6, 6.07) is 11.9. The fourth-order valence-electron chi connectivity index (χ4n) is 3.20. The fourth-order valence-corrected chi connectivity index (χ4v) is 5.85. The Morgan fingerprint density at radius 1 is 1.04 bits per heavy atom. The highest BCUT2D eigenvalue weighted by Gasteiger charge is 2.27. The predicted molar refractivity (Wildman–Crippen MR) is 107 cm³/mol. The van der Waals surface area contributed by atoms with Crippen LogP contribution in [0.1, 0.15) is 10.4 Å². The Morgan fingerprint density at radius 3 is 2.56 bits per heavy atom. The van der Waals surface area contributed by atoms with Crippen LogP contribution in [0.3, 0.4) is 0 Å². The van der Waals surface area contributed by atoms with Crippen LogP contribution in [0.4, 0.5) is 0 Å². The van der Waals surface area contributed by atoms with E-state index in [2.05, 4.69) is 4.98 Å². The lowest BCUT2D eigenvalue weighted by atomic mass is 10.0. The Morgan fingerprint density at radius 2 is 1.81 bits per heavy atom. The number of thioether (sulfide) groups is 1. The van der Waals surface area contributed by atoms with Crippen molar-refractivity contribution in [1.82, 2.24) is 9.29 Å². The van der Waals surface area contributed by atoms with Crippen LogP contribution in [0.15, 0.2) is 53.6 Å². The molecule has 0 radical (unpaired) electrons. The molecule has 0 bridgehead atoms. The SMILES string of the molecule is O=C(O)c1cc(-c2ccc3cc[nH]c3c2)cc(S(=O)(=O)N2CCSCC2)c1. The maximum absolute atomic E-state index is 13.0. The van der Waals surface area contributed by atoms with Gasteiger partial charge in [-0.2, -0.15) is 16.1 Å². The number of carboxylic acid groups (broad SMARTS) is 1. The van der Waals surface area contributed by atoms with E-state index in [1.165, 1.54) is 16.4 Å². The fraction of sp³-hybridized carbons (Fsp3) is 0.211. The lowest BCUT2D eigenvalue weighted by Crippen LogP contribution is -2.37. The number of fused-ring (bicyclic) bond motifs is 1.